The Kier molecular flexibility index (Phi) is 6.07. The van der Waals surface area contributed by atoms with Crippen molar-refractivity contribution < 1.29 is 13.9 Å². The quantitative estimate of drug-likeness (QED) is 0.580. The number of ether oxygens (including phenoxy) is 1. The summed E-state index contributed by atoms with van der Waals surface area (Å²) < 4.78 is 20.2. The summed E-state index contributed by atoms with van der Waals surface area (Å²) in [6.45, 7) is 4.00. The minimum atomic E-state index is -0.456. The molecule has 2 heterocycles. The van der Waals surface area contributed by atoms with E-state index in [9.17, 15) is 9.18 Å². The highest BCUT2D eigenvalue weighted by Gasteiger charge is 2.28. The molecule has 0 radical (unpaired) electrons. The van der Waals surface area contributed by atoms with E-state index in [1.165, 1.54) is 37.9 Å². The van der Waals surface area contributed by atoms with Crippen molar-refractivity contribution in [2.75, 3.05) is 7.11 Å². The van der Waals surface area contributed by atoms with Crippen molar-refractivity contribution in [3.63, 3.8) is 0 Å². The molecule has 28 heavy (non-hydrogen) atoms. The second kappa shape index (κ2) is 8.50. The van der Waals surface area contributed by atoms with E-state index in [-0.39, 0.29) is 5.97 Å². The highest BCUT2D eigenvalue weighted by atomic mass is 19.1. The Balaban J connectivity index is 0.00000109. The molecule has 6 heteroatoms. The zero-order valence-corrected chi connectivity index (χ0v) is 16.8. The third-order valence-corrected chi connectivity index (χ3v) is 5.26. The Morgan fingerprint density at radius 3 is 2.43 bits per heavy atom. The Bertz CT molecular complexity index is 974. The molecule has 148 valence electrons. The van der Waals surface area contributed by atoms with Crippen molar-refractivity contribution in [3.8, 4) is 11.5 Å². The van der Waals surface area contributed by atoms with Crippen LogP contribution < -0.4 is 0 Å². The molecule has 0 bridgehead atoms. The summed E-state index contributed by atoms with van der Waals surface area (Å²) in [5.74, 6) is 0.107. The van der Waals surface area contributed by atoms with Gasteiger partial charge in [0, 0.05) is 18.0 Å². The van der Waals surface area contributed by atoms with Crippen molar-refractivity contribution >= 4 is 16.9 Å². The average Bonchev–Trinajstić information content (AvgIpc) is 3.36. The summed E-state index contributed by atoms with van der Waals surface area (Å²) in [6, 6.07) is 5.61. The molecule has 0 unspecified atom stereocenters. The van der Waals surface area contributed by atoms with Crippen LogP contribution >= 0.6 is 0 Å². The number of aryl methyl sites for hydroxylation is 1. The predicted molar refractivity (Wildman–Crippen MR) is 108 cm³/mol. The maximum absolute atomic E-state index is 13.3. The molecule has 0 spiro atoms. The van der Waals surface area contributed by atoms with Crippen LogP contribution in [0, 0.1) is 5.82 Å². The zero-order chi connectivity index (χ0) is 20.3. The number of carbonyl (C=O) groups is 1. The van der Waals surface area contributed by atoms with E-state index in [1.807, 2.05) is 37.6 Å². The highest BCUT2D eigenvalue weighted by Crippen LogP contribution is 2.43. The van der Waals surface area contributed by atoms with Crippen LogP contribution in [-0.2, 0) is 11.8 Å². The smallest absolute Gasteiger partial charge is 0.337 e. The number of hydrogen-bond donors (Lipinski definition) is 0. The van der Waals surface area contributed by atoms with Crippen molar-refractivity contribution in [2.45, 2.75) is 45.4 Å². The van der Waals surface area contributed by atoms with Gasteiger partial charge in [0.05, 0.1) is 30.8 Å². The van der Waals surface area contributed by atoms with Gasteiger partial charge in [0.2, 0.25) is 0 Å². The molecule has 1 fully saturated rings. The van der Waals surface area contributed by atoms with Crippen LogP contribution in [0.2, 0.25) is 0 Å². The number of esters is 1. The number of aromatic nitrogens is 3. The number of hydrogen-bond acceptors (Lipinski definition) is 4. The Hall–Kier alpha value is -2.76. The van der Waals surface area contributed by atoms with Crippen molar-refractivity contribution in [1.82, 2.24) is 14.5 Å². The Morgan fingerprint density at radius 1 is 1.18 bits per heavy atom. The normalized spacial score (nSPS) is 14.0. The lowest BCUT2D eigenvalue weighted by molar-refractivity contribution is 0.0601. The van der Waals surface area contributed by atoms with Gasteiger partial charge in [-0.25, -0.2) is 19.2 Å². The molecule has 0 atom stereocenters. The number of methoxy groups -OCH3 is 1. The molecule has 0 N–H and O–H groups in total. The molecule has 1 aliphatic rings. The first-order valence-corrected chi connectivity index (χ1v) is 9.78. The van der Waals surface area contributed by atoms with Gasteiger partial charge in [0.1, 0.15) is 0 Å². The lowest BCUT2D eigenvalue weighted by Crippen LogP contribution is -2.02. The molecule has 1 aromatic carbocycles. The fourth-order valence-corrected chi connectivity index (χ4v) is 4.04. The molecular weight excluding hydrogens is 357 g/mol. The predicted octanol–water partition coefficient (Wildman–Crippen LogP) is 5.24. The second-order valence-electron chi connectivity index (χ2n) is 6.75. The van der Waals surface area contributed by atoms with Crippen LogP contribution in [0.1, 0.15) is 61.4 Å². The standard InChI is InChI=1S/C20H20FN3O2.C2H6/c1-24-16-9-13(20(25)26-2)7-8-15(16)17(12-5-3-4-6-12)18(24)19-22-10-14(21)11-23-19;1-2/h7-12H,3-6H2,1-2H3;1-2H3. The number of nitrogens with zero attached hydrogens (tertiary/aromatic N) is 3. The first kappa shape index (κ1) is 20.0. The molecule has 4 rings (SSSR count). The average molecular weight is 383 g/mol. The molecule has 3 aromatic rings. The number of fused-ring (bicyclic) bond motifs is 1. The molecule has 2 aromatic heterocycles. The lowest BCUT2D eigenvalue weighted by atomic mass is 9.93. The highest BCUT2D eigenvalue weighted by molar-refractivity contribution is 5.98. The topological polar surface area (TPSA) is 57.0 Å². The SMILES string of the molecule is CC.COC(=O)c1ccc2c(C3CCCC3)c(-c3ncc(F)cn3)n(C)c2c1. The Morgan fingerprint density at radius 2 is 1.82 bits per heavy atom. The maximum Gasteiger partial charge on any atom is 0.337 e. The van der Waals surface area contributed by atoms with E-state index >= 15 is 0 Å². The van der Waals surface area contributed by atoms with Crippen LogP contribution in [0.25, 0.3) is 22.4 Å². The number of rotatable bonds is 3. The van der Waals surface area contributed by atoms with Crippen LogP contribution in [-0.4, -0.2) is 27.6 Å². The summed E-state index contributed by atoms with van der Waals surface area (Å²) in [7, 11) is 3.31. The third kappa shape index (κ3) is 3.51. The number of halogens is 1. The zero-order valence-electron chi connectivity index (χ0n) is 16.8. The van der Waals surface area contributed by atoms with Crippen LogP contribution in [0.15, 0.2) is 30.6 Å². The van der Waals surface area contributed by atoms with E-state index in [2.05, 4.69) is 9.97 Å². The fraction of sp³-hybridized carbons (Fsp3) is 0.409. The molecular formula is C22H26FN3O2. The second-order valence-corrected chi connectivity index (χ2v) is 6.75. The van der Waals surface area contributed by atoms with Gasteiger partial charge in [0.15, 0.2) is 11.6 Å². The van der Waals surface area contributed by atoms with Gasteiger partial charge in [-0.2, -0.15) is 0 Å². The van der Waals surface area contributed by atoms with Crippen molar-refractivity contribution in [2.24, 2.45) is 7.05 Å². The van der Waals surface area contributed by atoms with E-state index in [0.717, 1.165) is 29.4 Å². The molecule has 0 aliphatic heterocycles. The minimum absolute atomic E-state index is 0.366. The summed E-state index contributed by atoms with van der Waals surface area (Å²) in [5, 5.41) is 1.09. The molecule has 0 saturated heterocycles. The van der Waals surface area contributed by atoms with Gasteiger partial charge < -0.3 is 9.30 Å². The third-order valence-electron chi connectivity index (χ3n) is 5.26. The van der Waals surface area contributed by atoms with Crippen molar-refractivity contribution in [1.29, 1.82) is 0 Å². The summed E-state index contributed by atoms with van der Waals surface area (Å²) in [5.41, 5.74) is 3.53. The van der Waals surface area contributed by atoms with Gasteiger partial charge in [-0.3, -0.25) is 0 Å². The van der Waals surface area contributed by atoms with Gasteiger partial charge >= 0.3 is 5.97 Å². The van der Waals surface area contributed by atoms with Crippen molar-refractivity contribution in [3.05, 3.63) is 47.5 Å². The van der Waals surface area contributed by atoms with Crippen LogP contribution in [0.4, 0.5) is 4.39 Å². The summed E-state index contributed by atoms with van der Waals surface area (Å²) in [4.78, 5) is 20.3. The Labute approximate surface area is 164 Å². The van der Waals surface area contributed by atoms with Gasteiger partial charge in [-0.1, -0.05) is 32.8 Å². The van der Waals surface area contributed by atoms with Gasteiger partial charge in [-0.05, 0) is 36.5 Å². The van der Waals surface area contributed by atoms with Gasteiger partial charge in [-0.15, -0.1) is 0 Å². The lowest BCUT2D eigenvalue weighted by Gasteiger charge is -2.12. The first-order valence-electron chi connectivity index (χ1n) is 9.78. The van der Waals surface area contributed by atoms with E-state index in [0.29, 0.717) is 17.3 Å². The van der Waals surface area contributed by atoms with E-state index < -0.39 is 5.82 Å². The van der Waals surface area contributed by atoms with E-state index in [4.69, 9.17) is 4.74 Å². The molecule has 1 saturated carbocycles. The largest absolute Gasteiger partial charge is 0.465 e. The summed E-state index contributed by atoms with van der Waals surface area (Å²) in [6.07, 6.45) is 7.02. The molecule has 1 aliphatic carbocycles. The van der Waals surface area contributed by atoms with Crippen LogP contribution in [0.5, 0.6) is 0 Å². The summed E-state index contributed by atoms with van der Waals surface area (Å²) >= 11 is 0. The molecule has 5 nitrogen and oxygen atoms in total. The van der Waals surface area contributed by atoms with Gasteiger partial charge in [0.25, 0.3) is 0 Å². The van der Waals surface area contributed by atoms with E-state index in [1.54, 1.807) is 6.07 Å². The first-order chi connectivity index (χ1) is 13.6. The monoisotopic (exact) mass is 383 g/mol. The molecule has 0 amide bonds. The fourth-order valence-electron chi connectivity index (χ4n) is 4.04. The van der Waals surface area contributed by atoms with Crippen LogP contribution in [0.3, 0.4) is 0 Å². The minimum Gasteiger partial charge on any atom is -0.465 e. The maximum atomic E-state index is 13.3. The number of benzene rings is 1. The number of carbonyl (C=O) groups excluding carboxylic acids is 1.